The number of amides is 4. The van der Waals surface area contributed by atoms with Gasteiger partial charge >= 0.3 is 17.6 Å². The predicted molar refractivity (Wildman–Crippen MR) is 218 cm³/mol. The first-order chi connectivity index (χ1) is 29.7. The van der Waals surface area contributed by atoms with Crippen molar-refractivity contribution in [2.75, 3.05) is 36.4 Å². The first kappa shape index (κ1) is 42.9. The minimum Gasteiger partial charge on any atom is -0.504 e. The summed E-state index contributed by atoms with van der Waals surface area (Å²) in [5, 5.41) is 36.6. The van der Waals surface area contributed by atoms with E-state index in [9.17, 15) is 52.9 Å². The maximum Gasteiger partial charge on any atom is 0.417 e. The lowest BCUT2D eigenvalue weighted by atomic mass is 9.49. The lowest BCUT2D eigenvalue weighted by Crippen LogP contribution is -2.53. The fraction of sp³-hybridized carbons (Fsp3) is 0.293. The molecular weight excluding hydrogens is 878 g/mol. The Morgan fingerprint density at radius 3 is 2.17 bits per heavy atom. The highest BCUT2D eigenvalue weighted by Gasteiger charge is 2.71. The van der Waals surface area contributed by atoms with Gasteiger partial charge in [0.05, 0.1) is 56.4 Å². The van der Waals surface area contributed by atoms with Gasteiger partial charge < -0.3 is 14.7 Å². The summed E-state index contributed by atoms with van der Waals surface area (Å²) in [7, 11) is 4.00. The fourth-order valence-corrected chi connectivity index (χ4v) is 10.1. The van der Waals surface area contributed by atoms with Gasteiger partial charge in [-0.05, 0) is 48.6 Å². The second-order valence-electron chi connectivity index (χ2n) is 15.6. The summed E-state index contributed by atoms with van der Waals surface area (Å²) >= 11 is 12.6. The van der Waals surface area contributed by atoms with Crippen molar-refractivity contribution in [3.63, 3.8) is 0 Å². The molecule has 3 heterocycles. The van der Waals surface area contributed by atoms with Gasteiger partial charge in [-0.25, -0.2) is 9.88 Å². The maximum absolute atomic E-state index is 15.4. The SMILES string of the molecule is COc1cccc(C2C3=CCC4C(=O)N(c5cc([N+](=O)[O-])c(N(C)C)c([N+](=O)[O-])c5)C(=O)C4C3CC3C(=O)N(Nc4ncc(C(F)(F)F)cc4Cl)C(=O)C32c2ccc(Cl)cc2)c1O. The maximum atomic E-state index is 15.4. The number of aromatic hydroxyl groups is 1. The molecule has 1 saturated carbocycles. The quantitative estimate of drug-likeness (QED) is 0.0736. The Hall–Kier alpha value is -6.80. The summed E-state index contributed by atoms with van der Waals surface area (Å²) in [6.45, 7) is 0. The van der Waals surface area contributed by atoms with Crippen LogP contribution in [0.3, 0.4) is 0 Å². The van der Waals surface area contributed by atoms with Crippen molar-refractivity contribution in [2.24, 2.45) is 23.7 Å². The Labute approximate surface area is 363 Å². The molecule has 22 heteroatoms. The van der Waals surface area contributed by atoms with Crippen LogP contribution in [0.5, 0.6) is 11.5 Å². The molecule has 2 saturated heterocycles. The number of ether oxygens (including phenoxy) is 1. The molecule has 326 valence electrons. The van der Waals surface area contributed by atoms with E-state index in [2.05, 4.69) is 10.4 Å². The average Bonchev–Trinajstić information content (AvgIpc) is 3.61. The third-order valence-corrected chi connectivity index (χ3v) is 12.8. The number of nitro groups is 2. The molecule has 3 aromatic carbocycles. The normalized spacial score (nSPS) is 24.1. The molecule has 63 heavy (non-hydrogen) atoms. The van der Waals surface area contributed by atoms with Gasteiger partial charge in [0, 0.05) is 48.9 Å². The van der Waals surface area contributed by atoms with Crippen LogP contribution in [0.2, 0.25) is 10.0 Å². The first-order valence-corrected chi connectivity index (χ1v) is 19.7. The summed E-state index contributed by atoms with van der Waals surface area (Å²) in [6, 6.07) is 12.8. The van der Waals surface area contributed by atoms with Crippen molar-refractivity contribution in [3.05, 3.63) is 125 Å². The van der Waals surface area contributed by atoms with Crippen molar-refractivity contribution >= 4 is 75.4 Å². The van der Waals surface area contributed by atoms with E-state index in [0.717, 1.165) is 17.0 Å². The number of nitro benzene ring substituents is 2. The standard InChI is InChI=1S/C41H32Cl2F3N7O10/c1-49(2)33-28(52(59)60)14-21(15-29(33)53(61)62)50-36(55)23-12-11-22-25(31(23)38(50)57)16-26-37(56)51(48-35-27(43)13-19(17-47-35)41(44,45)46)39(58)40(26,18-7-9-20(42)10-8-18)32(22)24-5-4-6-30(63-3)34(24)54/h4-11,13-15,17,23,25-26,31-32,54H,12,16H2,1-3H3,(H,47,48). The molecule has 2 aliphatic heterocycles. The zero-order valence-electron chi connectivity index (χ0n) is 32.9. The van der Waals surface area contributed by atoms with Crippen molar-refractivity contribution in [3.8, 4) is 11.5 Å². The van der Waals surface area contributed by atoms with Crippen LogP contribution in [0.25, 0.3) is 0 Å². The smallest absolute Gasteiger partial charge is 0.417 e. The Morgan fingerprint density at radius 1 is 0.952 bits per heavy atom. The Bertz CT molecular complexity index is 2680. The highest BCUT2D eigenvalue weighted by molar-refractivity contribution is 6.33. The predicted octanol–water partition coefficient (Wildman–Crippen LogP) is 7.19. The number of carbonyl (C=O) groups is 4. The number of imide groups is 2. The van der Waals surface area contributed by atoms with E-state index in [0.29, 0.717) is 27.7 Å². The van der Waals surface area contributed by atoms with Crippen molar-refractivity contribution in [1.82, 2.24) is 9.99 Å². The number of para-hydroxylation sites is 1. The number of fused-ring (bicyclic) bond motifs is 4. The number of phenols is 1. The monoisotopic (exact) mass is 909 g/mol. The van der Waals surface area contributed by atoms with E-state index in [-0.39, 0.29) is 40.4 Å². The number of aromatic nitrogens is 1. The first-order valence-electron chi connectivity index (χ1n) is 19.0. The summed E-state index contributed by atoms with van der Waals surface area (Å²) < 4.78 is 46.1. The number of carbonyl (C=O) groups excluding carboxylic acids is 4. The summed E-state index contributed by atoms with van der Waals surface area (Å²) in [6.07, 6.45) is -3.18. The van der Waals surface area contributed by atoms with E-state index in [1.165, 1.54) is 63.7 Å². The van der Waals surface area contributed by atoms with Crippen molar-refractivity contribution in [1.29, 1.82) is 0 Å². The molecule has 6 unspecified atom stereocenters. The molecule has 2 N–H and O–H groups in total. The Morgan fingerprint density at radius 2 is 1.60 bits per heavy atom. The van der Waals surface area contributed by atoms with E-state index >= 15 is 4.79 Å². The summed E-state index contributed by atoms with van der Waals surface area (Å²) in [4.78, 5) is 87.9. The fourth-order valence-electron chi connectivity index (χ4n) is 9.77. The number of pyridine rings is 1. The number of hydrazine groups is 1. The van der Waals surface area contributed by atoms with Crippen LogP contribution in [-0.4, -0.2) is 69.8 Å². The average molecular weight is 911 g/mol. The Balaban J connectivity index is 1.32. The number of methoxy groups -OCH3 is 1. The molecule has 3 fully saturated rings. The number of hydrogen-bond acceptors (Lipinski definition) is 13. The van der Waals surface area contributed by atoms with Crippen LogP contribution in [0, 0.1) is 43.9 Å². The second-order valence-corrected chi connectivity index (χ2v) is 16.4. The molecular formula is C41H32Cl2F3N7O10. The zero-order chi connectivity index (χ0) is 45.6. The molecule has 1 aromatic heterocycles. The van der Waals surface area contributed by atoms with Crippen LogP contribution in [0.4, 0.5) is 41.7 Å². The molecule has 4 amide bonds. The number of alkyl halides is 3. The van der Waals surface area contributed by atoms with Gasteiger partial charge in [-0.15, -0.1) is 0 Å². The van der Waals surface area contributed by atoms with E-state index in [1.54, 1.807) is 6.08 Å². The van der Waals surface area contributed by atoms with Crippen LogP contribution in [0.15, 0.2) is 78.5 Å². The van der Waals surface area contributed by atoms with Crippen LogP contribution in [-0.2, 0) is 30.8 Å². The molecule has 2 aliphatic carbocycles. The van der Waals surface area contributed by atoms with Gasteiger partial charge in [-0.3, -0.25) is 44.8 Å². The van der Waals surface area contributed by atoms with E-state index in [4.69, 9.17) is 27.9 Å². The topological polar surface area (TPSA) is 219 Å². The molecule has 0 radical (unpaired) electrons. The van der Waals surface area contributed by atoms with Gasteiger partial charge in [0.1, 0.15) is 0 Å². The third-order valence-electron chi connectivity index (χ3n) is 12.3. The lowest BCUT2D eigenvalue weighted by Gasteiger charge is -2.50. The zero-order valence-corrected chi connectivity index (χ0v) is 34.4. The van der Waals surface area contributed by atoms with Crippen molar-refractivity contribution < 1.29 is 52.0 Å². The molecule has 8 rings (SSSR count). The number of anilines is 3. The minimum atomic E-state index is -4.83. The number of halogens is 5. The van der Waals surface area contributed by atoms with Gasteiger partial charge in [0.2, 0.25) is 11.8 Å². The number of nitrogens with zero attached hydrogens (tertiary/aromatic N) is 6. The van der Waals surface area contributed by atoms with Crippen LogP contribution >= 0.6 is 23.2 Å². The molecule has 4 aliphatic rings. The largest absolute Gasteiger partial charge is 0.504 e. The van der Waals surface area contributed by atoms with Gasteiger partial charge in [-0.2, -0.15) is 18.2 Å². The molecule has 17 nitrogen and oxygen atoms in total. The molecule has 0 bridgehead atoms. The minimum absolute atomic E-state index is 0.0261. The number of phenolic OH excluding ortho intramolecular Hbond substituents is 1. The lowest BCUT2D eigenvalue weighted by molar-refractivity contribution is -0.392. The highest BCUT2D eigenvalue weighted by Crippen LogP contribution is 2.65. The molecule has 4 aromatic rings. The van der Waals surface area contributed by atoms with Gasteiger partial charge in [0.25, 0.3) is 11.8 Å². The number of nitrogens with one attached hydrogen (secondary N) is 1. The van der Waals surface area contributed by atoms with Gasteiger partial charge in [0.15, 0.2) is 23.0 Å². The number of hydrogen-bond donors (Lipinski definition) is 2. The van der Waals surface area contributed by atoms with E-state index in [1.807, 2.05) is 0 Å². The summed E-state index contributed by atoms with van der Waals surface area (Å²) in [5.41, 5.74) is -2.35. The summed E-state index contributed by atoms with van der Waals surface area (Å²) in [5.74, 6) is -10.8. The number of benzene rings is 3. The number of rotatable bonds is 9. The van der Waals surface area contributed by atoms with Crippen LogP contribution < -0.4 is 20.0 Å². The highest BCUT2D eigenvalue weighted by atomic mass is 35.5. The van der Waals surface area contributed by atoms with Crippen LogP contribution in [0.1, 0.15) is 35.4 Å². The van der Waals surface area contributed by atoms with Crippen molar-refractivity contribution in [2.45, 2.75) is 30.4 Å². The Kier molecular flexibility index (Phi) is 10.4. The van der Waals surface area contributed by atoms with E-state index < -0.39 is 114 Å². The third kappa shape index (κ3) is 6.49. The molecule has 6 atom stereocenters. The molecule has 0 spiro atoms. The van der Waals surface area contributed by atoms with Gasteiger partial charge in [-0.1, -0.05) is 59.1 Å². The number of allylic oxidation sites excluding steroid dienone is 2. The second kappa shape index (κ2) is 15.2.